The molecule has 1 heterocycles. The second kappa shape index (κ2) is 4.10. The Bertz CT molecular complexity index is 583. The number of anilines is 1. The smallest absolute Gasteiger partial charge is 0.336 e. The Hall–Kier alpha value is -2.43. The molecule has 0 aromatic heterocycles. The number of carboxylic acid groups (broad SMARTS) is 1. The summed E-state index contributed by atoms with van der Waals surface area (Å²) in [7, 11) is 0. The third-order valence-corrected chi connectivity index (χ3v) is 2.95. The van der Waals surface area contributed by atoms with Gasteiger partial charge in [-0.05, 0) is 37.1 Å². The predicted molar refractivity (Wildman–Crippen MR) is 64.5 cm³/mol. The first-order valence-electron chi connectivity index (χ1n) is 5.32. The highest BCUT2D eigenvalue weighted by atomic mass is 16.4. The van der Waals surface area contributed by atoms with Crippen molar-refractivity contribution in [2.24, 2.45) is 0 Å². The molecule has 0 spiro atoms. The van der Waals surface area contributed by atoms with E-state index in [0.29, 0.717) is 5.56 Å². The topological polar surface area (TPSA) is 74.7 Å². The molecule has 2 amide bonds. The van der Waals surface area contributed by atoms with Crippen LogP contribution in [0.3, 0.4) is 0 Å². The quantitative estimate of drug-likeness (QED) is 0.800. The van der Waals surface area contributed by atoms with Crippen LogP contribution in [0.4, 0.5) is 5.69 Å². The Morgan fingerprint density at radius 2 is 1.67 bits per heavy atom. The van der Waals surface area contributed by atoms with Crippen LogP contribution in [-0.4, -0.2) is 22.9 Å². The number of nitrogens with zero attached hydrogens (tertiary/aromatic N) is 1. The summed E-state index contributed by atoms with van der Waals surface area (Å²) >= 11 is 0. The van der Waals surface area contributed by atoms with Crippen LogP contribution >= 0.6 is 0 Å². The van der Waals surface area contributed by atoms with E-state index in [0.717, 1.165) is 22.6 Å². The van der Waals surface area contributed by atoms with Gasteiger partial charge < -0.3 is 5.11 Å². The average Bonchev–Trinajstić information content (AvgIpc) is 2.62. The minimum atomic E-state index is -1.08. The number of carboxylic acids is 1. The summed E-state index contributed by atoms with van der Waals surface area (Å²) in [5.74, 6) is -2.00. The number of carbonyl (C=O) groups excluding carboxylic acids is 2. The van der Waals surface area contributed by atoms with Crippen molar-refractivity contribution in [2.45, 2.75) is 13.8 Å². The number of aromatic carboxylic acids is 1. The molecule has 0 saturated heterocycles. The van der Waals surface area contributed by atoms with E-state index in [1.54, 1.807) is 19.9 Å². The van der Waals surface area contributed by atoms with E-state index in [1.807, 2.05) is 0 Å². The molecule has 0 radical (unpaired) electrons. The fraction of sp³-hybridized carbons (Fsp3) is 0.154. The number of hydrogen-bond donors (Lipinski definition) is 1. The monoisotopic (exact) mass is 245 g/mol. The minimum Gasteiger partial charge on any atom is -0.478 e. The molecular weight excluding hydrogens is 234 g/mol. The van der Waals surface area contributed by atoms with Crippen molar-refractivity contribution in [3.63, 3.8) is 0 Å². The molecule has 92 valence electrons. The fourth-order valence-corrected chi connectivity index (χ4v) is 1.85. The third-order valence-electron chi connectivity index (χ3n) is 2.95. The van der Waals surface area contributed by atoms with Gasteiger partial charge in [-0.15, -0.1) is 0 Å². The van der Waals surface area contributed by atoms with Gasteiger partial charge in [0, 0.05) is 12.2 Å². The second-order valence-electron chi connectivity index (χ2n) is 4.09. The minimum absolute atomic E-state index is 0.0949. The summed E-state index contributed by atoms with van der Waals surface area (Å²) in [6.45, 7) is 3.43. The van der Waals surface area contributed by atoms with Gasteiger partial charge in [0.25, 0.3) is 11.8 Å². The third kappa shape index (κ3) is 1.79. The first-order chi connectivity index (χ1) is 8.41. The summed E-state index contributed by atoms with van der Waals surface area (Å²) in [4.78, 5) is 35.1. The lowest BCUT2D eigenvalue weighted by Crippen LogP contribution is -2.30. The van der Waals surface area contributed by atoms with E-state index in [2.05, 4.69) is 0 Å². The van der Waals surface area contributed by atoms with Crippen molar-refractivity contribution in [1.29, 1.82) is 0 Å². The standard InChI is InChI=1S/C13H11NO4/c1-7-5-9(6-10(8(7)2)13(17)18)14-11(15)3-4-12(14)16/h3-6H,1-2H3,(H,17,18). The normalized spacial score (nSPS) is 14.4. The van der Waals surface area contributed by atoms with Crippen molar-refractivity contribution < 1.29 is 19.5 Å². The predicted octanol–water partition coefficient (Wildman–Crippen LogP) is 1.43. The van der Waals surface area contributed by atoms with Crippen molar-refractivity contribution >= 4 is 23.5 Å². The number of imide groups is 1. The average molecular weight is 245 g/mol. The van der Waals surface area contributed by atoms with Gasteiger partial charge in [-0.3, -0.25) is 9.59 Å². The maximum absolute atomic E-state index is 11.5. The zero-order valence-corrected chi connectivity index (χ0v) is 9.93. The van der Waals surface area contributed by atoms with Gasteiger partial charge in [-0.2, -0.15) is 0 Å². The molecule has 2 rings (SSSR count). The van der Waals surface area contributed by atoms with Crippen LogP contribution < -0.4 is 4.90 Å². The van der Waals surface area contributed by atoms with Gasteiger partial charge in [0.05, 0.1) is 11.3 Å². The molecule has 1 N–H and O–H groups in total. The van der Waals surface area contributed by atoms with Crippen LogP contribution in [0.25, 0.3) is 0 Å². The summed E-state index contributed by atoms with van der Waals surface area (Å²) < 4.78 is 0. The first-order valence-corrected chi connectivity index (χ1v) is 5.32. The molecule has 0 atom stereocenters. The Balaban J connectivity index is 2.57. The number of amides is 2. The molecule has 5 nitrogen and oxygen atoms in total. The van der Waals surface area contributed by atoms with Crippen molar-refractivity contribution in [3.05, 3.63) is 41.0 Å². The highest BCUT2D eigenvalue weighted by Gasteiger charge is 2.26. The SMILES string of the molecule is Cc1cc(N2C(=O)C=CC2=O)cc(C(=O)O)c1C. The van der Waals surface area contributed by atoms with E-state index >= 15 is 0 Å². The molecule has 0 fully saturated rings. The second-order valence-corrected chi connectivity index (χ2v) is 4.09. The summed E-state index contributed by atoms with van der Waals surface area (Å²) in [5.41, 5.74) is 1.73. The molecule has 0 aliphatic carbocycles. The van der Waals surface area contributed by atoms with E-state index < -0.39 is 17.8 Å². The number of rotatable bonds is 2. The molecular formula is C13H11NO4. The highest BCUT2D eigenvalue weighted by Crippen LogP contribution is 2.25. The van der Waals surface area contributed by atoms with Gasteiger partial charge in [0.1, 0.15) is 0 Å². The van der Waals surface area contributed by atoms with E-state index in [9.17, 15) is 14.4 Å². The van der Waals surface area contributed by atoms with Crippen molar-refractivity contribution in [2.75, 3.05) is 4.90 Å². The van der Waals surface area contributed by atoms with Crippen LogP contribution in [0, 0.1) is 13.8 Å². The lowest BCUT2D eigenvalue weighted by molar-refractivity contribution is -0.119. The molecule has 0 bridgehead atoms. The first kappa shape index (κ1) is 12.0. The fourth-order valence-electron chi connectivity index (χ4n) is 1.85. The van der Waals surface area contributed by atoms with Gasteiger partial charge in [0.15, 0.2) is 0 Å². The molecule has 1 aromatic rings. The molecule has 1 aliphatic heterocycles. The maximum atomic E-state index is 11.5. The lowest BCUT2D eigenvalue weighted by atomic mass is 10.0. The van der Waals surface area contributed by atoms with E-state index in [4.69, 9.17) is 5.11 Å². The molecule has 1 aliphatic rings. The van der Waals surface area contributed by atoms with Gasteiger partial charge in [-0.1, -0.05) is 0 Å². The van der Waals surface area contributed by atoms with Crippen molar-refractivity contribution in [3.8, 4) is 0 Å². The Kier molecular flexibility index (Phi) is 2.74. The largest absolute Gasteiger partial charge is 0.478 e. The van der Waals surface area contributed by atoms with Crippen LogP contribution in [0.1, 0.15) is 21.5 Å². The number of aryl methyl sites for hydroxylation is 1. The lowest BCUT2D eigenvalue weighted by Gasteiger charge is -2.16. The molecule has 1 aromatic carbocycles. The zero-order chi connectivity index (χ0) is 13.4. The molecule has 5 heteroatoms. The van der Waals surface area contributed by atoms with Crippen LogP contribution in [-0.2, 0) is 9.59 Å². The summed E-state index contributed by atoms with van der Waals surface area (Å²) in [6, 6.07) is 2.97. The molecule has 18 heavy (non-hydrogen) atoms. The van der Waals surface area contributed by atoms with Gasteiger partial charge in [0.2, 0.25) is 0 Å². The van der Waals surface area contributed by atoms with Gasteiger partial charge in [-0.25, -0.2) is 9.69 Å². The summed E-state index contributed by atoms with van der Waals surface area (Å²) in [6.07, 6.45) is 2.33. The van der Waals surface area contributed by atoms with Crippen LogP contribution in [0.15, 0.2) is 24.3 Å². The maximum Gasteiger partial charge on any atom is 0.336 e. The number of hydrogen-bond acceptors (Lipinski definition) is 3. The Labute approximate surface area is 103 Å². The number of carbonyl (C=O) groups is 3. The molecule has 0 saturated carbocycles. The van der Waals surface area contributed by atoms with Gasteiger partial charge >= 0.3 is 5.97 Å². The van der Waals surface area contributed by atoms with E-state index in [1.165, 1.54) is 6.07 Å². The Morgan fingerprint density at radius 3 is 2.17 bits per heavy atom. The zero-order valence-electron chi connectivity index (χ0n) is 9.93. The summed E-state index contributed by atoms with van der Waals surface area (Å²) in [5, 5.41) is 9.09. The van der Waals surface area contributed by atoms with Crippen molar-refractivity contribution in [1.82, 2.24) is 0 Å². The van der Waals surface area contributed by atoms with Crippen LogP contribution in [0.2, 0.25) is 0 Å². The molecule has 0 unspecified atom stereocenters. The number of benzene rings is 1. The van der Waals surface area contributed by atoms with Crippen LogP contribution in [0.5, 0.6) is 0 Å². The van der Waals surface area contributed by atoms with E-state index in [-0.39, 0.29) is 11.3 Å². The highest BCUT2D eigenvalue weighted by molar-refractivity contribution is 6.28. The Morgan fingerprint density at radius 1 is 1.11 bits per heavy atom.